The van der Waals surface area contributed by atoms with Crippen molar-refractivity contribution in [1.29, 1.82) is 0 Å². The minimum absolute atomic E-state index is 0.00636. The van der Waals surface area contributed by atoms with E-state index in [0.717, 1.165) is 44.8 Å². The van der Waals surface area contributed by atoms with Gasteiger partial charge in [0.15, 0.2) is 11.9 Å². The highest BCUT2D eigenvalue weighted by Gasteiger charge is 2.41. The van der Waals surface area contributed by atoms with Crippen LogP contribution in [-0.2, 0) is 16.3 Å². The lowest BCUT2D eigenvalue weighted by Gasteiger charge is -2.30. The van der Waals surface area contributed by atoms with Crippen molar-refractivity contribution in [3.63, 3.8) is 0 Å². The number of rotatable bonds is 5. The first kappa shape index (κ1) is 26.2. The Labute approximate surface area is 244 Å². The molecule has 0 fully saturated rings. The Morgan fingerprint density at radius 1 is 0.881 bits per heavy atom. The van der Waals surface area contributed by atoms with Gasteiger partial charge in [0.1, 0.15) is 0 Å². The molecule has 210 valence electrons. The summed E-state index contributed by atoms with van der Waals surface area (Å²) in [5, 5.41) is 15.7. The van der Waals surface area contributed by atoms with Gasteiger partial charge in [-0.15, -0.1) is 5.06 Å². The quantitative estimate of drug-likeness (QED) is 0.320. The summed E-state index contributed by atoms with van der Waals surface area (Å²) in [6.07, 6.45) is 0.252. The van der Waals surface area contributed by atoms with Crippen LogP contribution in [0.5, 0.6) is 0 Å². The predicted molar refractivity (Wildman–Crippen MR) is 163 cm³/mol. The number of amides is 1. The van der Waals surface area contributed by atoms with Gasteiger partial charge in [0, 0.05) is 30.2 Å². The van der Waals surface area contributed by atoms with Gasteiger partial charge in [-0.1, -0.05) is 95.6 Å². The first-order chi connectivity index (χ1) is 20.5. The van der Waals surface area contributed by atoms with Gasteiger partial charge in [-0.05, 0) is 35.7 Å². The van der Waals surface area contributed by atoms with Gasteiger partial charge in [-0.2, -0.15) is 0 Å². The molecule has 2 unspecified atom stereocenters. The Morgan fingerprint density at radius 3 is 2.31 bits per heavy atom. The second kappa shape index (κ2) is 10.6. The molecular formula is C35H31N3O4. The molecule has 4 aromatic carbocycles. The molecule has 3 heterocycles. The van der Waals surface area contributed by atoms with Crippen LogP contribution in [0.15, 0.2) is 102 Å². The van der Waals surface area contributed by atoms with Crippen LogP contribution in [0.25, 0.3) is 11.3 Å². The van der Waals surface area contributed by atoms with Crippen molar-refractivity contribution in [2.75, 3.05) is 18.5 Å². The molecule has 0 aliphatic carbocycles. The van der Waals surface area contributed by atoms with Gasteiger partial charge in [-0.3, -0.25) is 4.79 Å². The van der Waals surface area contributed by atoms with Crippen molar-refractivity contribution in [2.45, 2.75) is 32.1 Å². The fourth-order valence-corrected chi connectivity index (χ4v) is 6.08. The van der Waals surface area contributed by atoms with Gasteiger partial charge in [0.25, 0.3) is 5.91 Å². The van der Waals surface area contributed by atoms with Gasteiger partial charge in [0.2, 0.25) is 0 Å². The lowest BCUT2D eigenvalue weighted by Crippen LogP contribution is -2.39. The molecule has 0 spiro atoms. The third-order valence-electron chi connectivity index (χ3n) is 8.23. The SMILES string of the molecule is Cc1ccc(C2C3=C(ON2C)c2ccccc2C(=O)N(CC2CC(c4ccc(CO)cc4)=NO2)c2ccccc23)cc1. The summed E-state index contributed by atoms with van der Waals surface area (Å²) in [5.74, 6) is 0.590. The number of benzene rings is 4. The first-order valence-corrected chi connectivity index (χ1v) is 14.2. The van der Waals surface area contributed by atoms with Crippen LogP contribution in [0.4, 0.5) is 5.69 Å². The van der Waals surface area contributed by atoms with Crippen LogP contribution >= 0.6 is 0 Å². The third-order valence-corrected chi connectivity index (χ3v) is 8.23. The maximum absolute atomic E-state index is 14.3. The molecule has 1 N–H and O–H groups in total. The van der Waals surface area contributed by atoms with E-state index in [0.29, 0.717) is 24.3 Å². The summed E-state index contributed by atoms with van der Waals surface area (Å²) >= 11 is 0. The van der Waals surface area contributed by atoms with E-state index < -0.39 is 0 Å². The van der Waals surface area contributed by atoms with E-state index in [1.807, 2.05) is 83.7 Å². The van der Waals surface area contributed by atoms with E-state index >= 15 is 0 Å². The number of para-hydroxylation sites is 1. The number of hydrogen-bond acceptors (Lipinski definition) is 6. The molecule has 3 aliphatic rings. The Kier molecular flexibility index (Phi) is 6.61. The van der Waals surface area contributed by atoms with E-state index in [1.54, 1.807) is 0 Å². The Balaban J connectivity index is 1.30. The van der Waals surface area contributed by atoms with Crippen LogP contribution in [0.2, 0.25) is 0 Å². The number of carbonyl (C=O) groups is 1. The molecule has 42 heavy (non-hydrogen) atoms. The largest absolute Gasteiger partial charge is 0.404 e. The number of aliphatic hydroxyl groups is 1. The summed E-state index contributed by atoms with van der Waals surface area (Å²) in [7, 11) is 1.94. The Hall–Kier alpha value is -4.72. The molecule has 0 saturated heterocycles. The van der Waals surface area contributed by atoms with Crippen LogP contribution in [0, 0.1) is 6.92 Å². The number of oxime groups is 1. The second-order valence-corrected chi connectivity index (χ2v) is 11.0. The number of aliphatic hydroxyl groups excluding tert-OH is 1. The molecule has 7 rings (SSSR count). The minimum atomic E-state index is -0.315. The van der Waals surface area contributed by atoms with Crippen LogP contribution < -0.4 is 4.90 Å². The highest BCUT2D eigenvalue weighted by Crippen LogP contribution is 2.50. The highest BCUT2D eigenvalue weighted by molar-refractivity contribution is 6.14. The summed E-state index contributed by atoms with van der Waals surface area (Å²) < 4.78 is 0. The monoisotopic (exact) mass is 557 g/mol. The van der Waals surface area contributed by atoms with Crippen molar-refractivity contribution in [1.82, 2.24) is 5.06 Å². The smallest absolute Gasteiger partial charge is 0.259 e. The van der Waals surface area contributed by atoms with Crippen LogP contribution in [0.1, 0.15) is 56.2 Å². The van der Waals surface area contributed by atoms with E-state index in [9.17, 15) is 9.90 Å². The zero-order valence-electron chi connectivity index (χ0n) is 23.5. The number of fused-ring (bicyclic) bond motifs is 4. The van der Waals surface area contributed by atoms with Crippen LogP contribution in [0.3, 0.4) is 0 Å². The van der Waals surface area contributed by atoms with E-state index in [4.69, 9.17) is 9.68 Å². The molecule has 0 aromatic heterocycles. The van der Waals surface area contributed by atoms with Crippen molar-refractivity contribution in [2.24, 2.45) is 5.16 Å². The average molecular weight is 558 g/mol. The predicted octanol–water partition coefficient (Wildman–Crippen LogP) is 6.13. The lowest BCUT2D eigenvalue weighted by atomic mass is 9.87. The summed E-state index contributed by atoms with van der Waals surface area (Å²) in [5.41, 5.74) is 9.05. The van der Waals surface area contributed by atoms with Crippen LogP contribution in [-0.4, -0.2) is 41.5 Å². The van der Waals surface area contributed by atoms with Crippen molar-refractivity contribution >= 4 is 28.6 Å². The molecular weight excluding hydrogens is 526 g/mol. The molecule has 7 heteroatoms. The number of likely N-dealkylation sites (N-methyl/N-ethyl adjacent to an activating group) is 1. The Bertz CT molecular complexity index is 1730. The number of hydroxylamine groups is 2. The topological polar surface area (TPSA) is 74.6 Å². The molecule has 0 bridgehead atoms. The number of aryl methyl sites for hydroxylation is 1. The van der Waals surface area contributed by atoms with E-state index in [2.05, 4.69) is 42.4 Å². The van der Waals surface area contributed by atoms with Crippen molar-refractivity contribution < 1.29 is 19.6 Å². The zero-order valence-corrected chi connectivity index (χ0v) is 23.5. The number of nitrogens with zero attached hydrogens (tertiary/aromatic N) is 3. The molecule has 3 aliphatic heterocycles. The van der Waals surface area contributed by atoms with Crippen molar-refractivity contribution in [3.05, 3.63) is 136 Å². The maximum Gasteiger partial charge on any atom is 0.259 e. The number of carbonyl (C=O) groups excluding carboxylic acids is 1. The molecule has 0 radical (unpaired) electrons. The second-order valence-electron chi connectivity index (χ2n) is 11.0. The fraction of sp³-hybridized carbons (Fsp3) is 0.200. The first-order valence-electron chi connectivity index (χ1n) is 14.2. The van der Waals surface area contributed by atoms with Gasteiger partial charge < -0.3 is 19.7 Å². The van der Waals surface area contributed by atoms with Gasteiger partial charge in [-0.25, -0.2) is 0 Å². The molecule has 0 saturated carbocycles. The Morgan fingerprint density at radius 2 is 1.57 bits per heavy atom. The minimum Gasteiger partial charge on any atom is -0.404 e. The average Bonchev–Trinajstić information content (AvgIpc) is 3.64. The lowest BCUT2D eigenvalue weighted by molar-refractivity contribution is -0.0654. The summed E-state index contributed by atoms with van der Waals surface area (Å²) in [6.45, 7) is 2.41. The standard InChI is InChI=1S/C35H31N3O4/c1-22-11-15-25(16-12-22)33-32-29-9-5-6-10-31(29)38(35(40)28-8-4-3-7-27(28)34(32)42-37(33)2)20-26-19-30(36-41-26)24-17-13-23(21-39)14-18-24/h3-18,26,33,39H,19-21H2,1-2H3. The number of anilines is 1. The maximum atomic E-state index is 14.3. The fourth-order valence-electron chi connectivity index (χ4n) is 6.08. The highest BCUT2D eigenvalue weighted by atomic mass is 16.7. The van der Waals surface area contributed by atoms with Gasteiger partial charge >= 0.3 is 0 Å². The third kappa shape index (κ3) is 4.47. The summed E-state index contributed by atoms with van der Waals surface area (Å²) in [4.78, 5) is 28.5. The van der Waals surface area contributed by atoms with E-state index in [-0.39, 0.29) is 24.7 Å². The molecule has 4 aromatic rings. The summed E-state index contributed by atoms with van der Waals surface area (Å²) in [6, 6.07) is 31.7. The zero-order chi connectivity index (χ0) is 28.8. The van der Waals surface area contributed by atoms with Crippen molar-refractivity contribution in [3.8, 4) is 0 Å². The van der Waals surface area contributed by atoms with Gasteiger partial charge in [0.05, 0.1) is 36.2 Å². The molecule has 7 nitrogen and oxygen atoms in total. The number of hydrogen-bond donors (Lipinski definition) is 1. The normalized spacial score (nSPS) is 19.7. The molecule has 2 atom stereocenters. The van der Waals surface area contributed by atoms with E-state index in [1.165, 1.54) is 5.56 Å². The molecule has 1 amide bonds.